The molecule has 6 nitrogen and oxygen atoms in total. The van der Waals surface area contributed by atoms with Gasteiger partial charge in [0.1, 0.15) is 6.54 Å². The Morgan fingerprint density at radius 3 is 2.41 bits per heavy atom. The molecule has 2 fully saturated rings. The summed E-state index contributed by atoms with van der Waals surface area (Å²) < 4.78 is 1.44. The standard InChI is InChI=1S/C16H21N3O3/c1-12-3-2-6-19(15(12)21)11-14(20)17-7-9-18(10-8-17)16(22)13-4-5-13/h2-3,6,13H,4-5,7-11H2,1H3. The van der Waals surface area contributed by atoms with Crippen molar-refractivity contribution in [3.63, 3.8) is 0 Å². The van der Waals surface area contributed by atoms with Crippen molar-refractivity contribution in [1.82, 2.24) is 14.4 Å². The number of hydrogen-bond acceptors (Lipinski definition) is 3. The van der Waals surface area contributed by atoms with Crippen molar-refractivity contribution < 1.29 is 9.59 Å². The fourth-order valence-corrected chi connectivity index (χ4v) is 2.79. The van der Waals surface area contributed by atoms with Gasteiger partial charge in [-0.2, -0.15) is 0 Å². The third kappa shape index (κ3) is 3.05. The van der Waals surface area contributed by atoms with Crippen LogP contribution in [-0.2, 0) is 16.1 Å². The molecule has 22 heavy (non-hydrogen) atoms. The lowest BCUT2D eigenvalue weighted by molar-refractivity contribution is -0.140. The molecule has 0 unspecified atom stereocenters. The van der Waals surface area contributed by atoms with Crippen LogP contribution < -0.4 is 5.56 Å². The van der Waals surface area contributed by atoms with Gasteiger partial charge in [0.25, 0.3) is 5.56 Å². The van der Waals surface area contributed by atoms with Crippen LogP contribution >= 0.6 is 0 Å². The van der Waals surface area contributed by atoms with Gasteiger partial charge in [-0.25, -0.2) is 0 Å². The quantitative estimate of drug-likeness (QED) is 0.803. The Kier molecular flexibility index (Phi) is 4.00. The number of aromatic nitrogens is 1. The summed E-state index contributed by atoms with van der Waals surface area (Å²) in [6.07, 6.45) is 3.66. The number of amides is 2. The molecule has 6 heteroatoms. The molecule has 0 radical (unpaired) electrons. The van der Waals surface area contributed by atoms with Crippen LogP contribution in [0, 0.1) is 12.8 Å². The first-order chi connectivity index (χ1) is 10.6. The lowest BCUT2D eigenvalue weighted by Gasteiger charge is -2.35. The van der Waals surface area contributed by atoms with Crippen LogP contribution in [0.15, 0.2) is 23.1 Å². The third-order valence-corrected chi connectivity index (χ3v) is 4.39. The highest BCUT2D eigenvalue weighted by atomic mass is 16.2. The van der Waals surface area contributed by atoms with Gasteiger partial charge in [0, 0.05) is 43.9 Å². The molecule has 118 valence electrons. The summed E-state index contributed by atoms with van der Waals surface area (Å²) in [4.78, 5) is 39.9. The van der Waals surface area contributed by atoms with E-state index in [1.54, 1.807) is 30.2 Å². The van der Waals surface area contributed by atoms with Gasteiger partial charge in [0.05, 0.1) is 0 Å². The summed E-state index contributed by atoms with van der Waals surface area (Å²) in [6, 6.07) is 3.52. The molecule has 2 amide bonds. The normalized spacial score (nSPS) is 18.4. The largest absolute Gasteiger partial charge is 0.339 e. The molecule has 2 aliphatic rings. The first kappa shape index (κ1) is 14.8. The molecule has 1 aromatic heterocycles. The van der Waals surface area contributed by atoms with Crippen molar-refractivity contribution in [2.45, 2.75) is 26.3 Å². The van der Waals surface area contributed by atoms with Crippen molar-refractivity contribution in [3.05, 3.63) is 34.2 Å². The second-order valence-electron chi connectivity index (χ2n) is 6.10. The van der Waals surface area contributed by atoms with E-state index in [1.165, 1.54) is 4.57 Å². The Hall–Kier alpha value is -2.11. The highest BCUT2D eigenvalue weighted by Crippen LogP contribution is 2.31. The van der Waals surface area contributed by atoms with E-state index in [0.29, 0.717) is 31.7 Å². The Bertz CT molecular complexity index is 640. The summed E-state index contributed by atoms with van der Waals surface area (Å²) in [6.45, 7) is 4.12. The summed E-state index contributed by atoms with van der Waals surface area (Å²) in [5.41, 5.74) is 0.508. The lowest BCUT2D eigenvalue weighted by Crippen LogP contribution is -2.52. The van der Waals surface area contributed by atoms with E-state index in [1.807, 2.05) is 4.90 Å². The zero-order valence-electron chi connectivity index (χ0n) is 12.8. The van der Waals surface area contributed by atoms with E-state index in [4.69, 9.17) is 0 Å². The second-order valence-corrected chi connectivity index (χ2v) is 6.10. The average Bonchev–Trinajstić information content (AvgIpc) is 3.36. The molecule has 1 aliphatic heterocycles. The zero-order chi connectivity index (χ0) is 15.7. The topological polar surface area (TPSA) is 62.6 Å². The Balaban J connectivity index is 1.56. The van der Waals surface area contributed by atoms with Crippen molar-refractivity contribution in [1.29, 1.82) is 0 Å². The molecule has 1 aliphatic carbocycles. The molecular weight excluding hydrogens is 282 g/mol. The van der Waals surface area contributed by atoms with Gasteiger partial charge < -0.3 is 14.4 Å². The predicted molar refractivity (Wildman–Crippen MR) is 81.3 cm³/mol. The van der Waals surface area contributed by atoms with Crippen LogP contribution in [0.3, 0.4) is 0 Å². The third-order valence-electron chi connectivity index (χ3n) is 4.39. The molecule has 0 N–H and O–H groups in total. The summed E-state index contributed by atoms with van der Waals surface area (Å²) >= 11 is 0. The number of aryl methyl sites for hydroxylation is 1. The van der Waals surface area contributed by atoms with Crippen LogP contribution in [0.2, 0.25) is 0 Å². The second kappa shape index (κ2) is 5.94. The molecule has 0 spiro atoms. The smallest absolute Gasteiger partial charge is 0.253 e. The van der Waals surface area contributed by atoms with Gasteiger partial charge in [-0.1, -0.05) is 6.07 Å². The molecular formula is C16H21N3O3. The predicted octanol–water partition coefficient (Wildman–Crippen LogP) is 0.238. The molecule has 1 aromatic rings. The van der Waals surface area contributed by atoms with E-state index in [9.17, 15) is 14.4 Å². The summed E-state index contributed by atoms with van der Waals surface area (Å²) in [5, 5.41) is 0. The number of piperazine rings is 1. The first-order valence-electron chi connectivity index (χ1n) is 7.79. The molecule has 1 saturated carbocycles. The summed E-state index contributed by atoms with van der Waals surface area (Å²) in [5.74, 6) is 0.404. The minimum absolute atomic E-state index is 0.0637. The molecule has 2 heterocycles. The monoisotopic (exact) mass is 303 g/mol. The Morgan fingerprint density at radius 1 is 1.14 bits per heavy atom. The molecule has 1 saturated heterocycles. The summed E-state index contributed by atoms with van der Waals surface area (Å²) in [7, 11) is 0. The maximum absolute atomic E-state index is 12.3. The Labute approximate surface area is 129 Å². The minimum Gasteiger partial charge on any atom is -0.339 e. The van der Waals surface area contributed by atoms with Gasteiger partial charge >= 0.3 is 0 Å². The van der Waals surface area contributed by atoms with E-state index in [-0.39, 0.29) is 29.8 Å². The maximum atomic E-state index is 12.3. The number of carbonyl (C=O) groups is 2. The fourth-order valence-electron chi connectivity index (χ4n) is 2.79. The SMILES string of the molecule is Cc1cccn(CC(=O)N2CCN(C(=O)C3CC3)CC2)c1=O. The molecule has 0 atom stereocenters. The van der Waals surface area contributed by atoms with E-state index in [0.717, 1.165) is 12.8 Å². The molecule has 0 bridgehead atoms. The van der Waals surface area contributed by atoms with Gasteiger partial charge in [-0.3, -0.25) is 14.4 Å². The van der Waals surface area contributed by atoms with E-state index >= 15 is 0 Å². The number of carbonyl (C=O) groups excluding carboxylic acids is 2. The van der Waals surface area contributed by atoms with Gasteiger partial charge in [-0.15, -0.1) is 0 Å². The van der Waals surface area contributed by atoms with Crippen LogP contribution in [0.25, 0.3) is 0 Å². The van der Waals surface area contributed by atoms with Gasteiger partial charge in [0.2, 0.25) is 11.8 Å². The Morgan fingerprint density at radius 2 is 1.77 bits per heavy atom. The van der Waals surface area contributed by atoms with E-state index in [2.05, 4.69) is 0 Å². The first-order valence-corrected chi connectivity index (χ1v) is 7.79. The lowest BCUT2D eigenvalue weighted by atomic mass is 10.2. The number of nitrogens with zero attached hydrogens (tertiary/aromatic N) is 3. The maximum Gasteiger partial charge on any atom is 0.253 e. The van der Waals surface area contributed by atoms with Gasteiger partial charge in [-0.05, 0) is 25.8 Å². The number of pyridine rings is 1. The highest BCUT2D eigenvalue weighted by molar-refractivity contribution is 5.81. The average molecular weight is 303 g/mol. The zero-order valence-corrected chi connectivity index (χ0v) is 12.8. The van der Waals surface area contributed by atoms with Crippen molar-refractivity contribution in [3.8, 4) is 0 Å². The number of hydrogen-bond donors (Lipinski definition) is 0. The van der Waals surface area contributed by atoms with Gasteiger partial charge in [0.15, 0.2) is 0 Å². The minimum atomic E-state index is -0.126. The van der Waals surface area contributed by atoms with Crippen LogP contribution in [-0.4, -0.2) is 52.4 Å². The fraction of sp³-hybridized carbons (Fsp3) is 0.562. The molecule has 0 aromatic carbocycles. The van der Waals surface area contributed by atoms with Crippen LogP contribution in [0.4, 0.5) is 0 Å². The van der Waals surface area contributed by atoms with Crippen molar-refractivity contribution in [2.75, 3.05) is 26.2 Å². The van der Waals surface area contributed by atoms with Crippen molar-refractivity contribution >= 4 is 11.8 Å². The van der Waals surface area contributed by atoms with Crippen molar-refractivity contribution in [2.24, 2.45) is 5.92 Å². The van der Waals surface area contributed by atoms with Crippen LogP contribution in [0.5, 0.6) is 0 Å². The number of rotatable bonds is 3. The van der Waals surface area contributed by atoms with E-state index < -0.39 is 0 Å². The molecule has 3 rings (SSSR count). The highest BCUT2D eigenvalue weighted by Gasteiger charge is 2.35. The van der Waals surface area contributed by atoms with Crippen LogP contribution in [0.1, 0.15) is 18.4 Å².